The van der Waals surface area contributed by atoms with Crippen molar-refractivity contribution in [2.45, 2.75) is 39.0 Å². The predicted molar refractivity (Wildman–Crippen MR) is 55.8 cm³/mol. The summed E-state index contributed by atoms with van der Waals surface area (Å²) in [4.78, 5) is 11.3. The maximum Gasteiger partial charge on any atom is 0.174 e. The number of aliphatic hydroxyl groups is 1. The fraction of sp³-hybridized carbons (Fsp3) is 0.583. The number of ketones is 1. The van der Waals surface area contributed by atoms with Gasteiger partial charge < -0.3 is 5.11 Å². The zero-order chi connectivity index (χ0) is 10.4. The third-order valence-electron chi connectivity index (χ3n) is 2.50. The van der Waals surface area contributed by atoms with Crippen LogP contribution in [-0.2, 0) is 4.79 Å². The van der Waals surface area contributed by atoms with Gasteiger partial charge in [-0.05, 0) is 18.6 Å². The number of hydrogen-bond acceptors (Lipinski definition) is 2. The van der Waals surface area contributed by atoms with E-state index in [2.05, 4.69) is 13.0 Å². The molecule has 77 valence electrons. The maximum absolute atomic E-state index is 11.3. The largest absolute Gasteiger partial charge is 0.512 e. The Balaban J connectivity index is 2.33. The van der Waals surface area contributed by atoms with Gasteiger partial charge in [0.2, 0.25) is 0 Å². The molecule has 1 atom stereocenters. The Morgan fingerprint density at radius 2 is 2.21 bits per heavy atom. The van der Waals surface area contributed by atoms with Crippen LogP contribution in [0.5, 0.6) is 0 Å². The third kappa shape index (κ3) is 3.02. The fourth-order valence-electron chi connectivity index (χ4n) is 1.61. The minimum atomic E-state index is -0.322. The van der Waals surface area contributed by atoms with Crippen molar-refractivity contribution in [1.82, 2.24) is 0 Å². The summed E-state index contributed by atoms with van der Waals surface area (Å²) in [7, 11) is 0. The van der Waals surface area contributed by atoms with Crippen LogP contribution in [0.4, 0.5) is 0 Å². The highest BCUT2D eigenvalue weighted by Gasteiger charge is 2.22. The Morgan fingerprint density at radius 3 is 2.86 bits per heavy atom. The Morgan fingerprint density at radius 1 is 1.43 bits per heavy atom. The first kappa shape index (κ1) is 11.0. The molecule has 0 saturated heterocycles. The lowest BCUT2D eigenvalue weighted by molar-refractivity contribution is -0.118. The molecule has 0 aliphatic heterocycles. The van der Waals surface area contributed by atoms with Crippen molar-refractivity contribution in [2.75, 3.05) is 0 Å². The van der Waals surface area contributed by atoms with Crippen LogP contribution in [0.25, 0.3) is 0 Å². The molecule has 0 bridgehead atoms. The smallest absolute Gasteiger partial charge is 0.174 e. The topological polar surface area (TPSA) is 37.3 Å². The molecule has 0 aromatic rings. The molecule has 14 heavy (non-hydrogen) atoms. The van der Waals surface area contributed by atoms with Gasteiger partial charge in [0, 0.05) is 6.08 Å². The van der Waals surface area contributed by atoms with Crippen LogP contribution in [0.1, 0.15) is 39.0 Å². The van der Waals surface area contributed by atoms with Crippen molar-refractivity contribution in [3.05, 3.63) is 24.0 Å². The van der Waals surface area contributed by atoms with Gasteiger partial charge in [-0.2, -0.15) is 0 Å². The zero-order valence-electron chi connectivity index (χ0n) is 8.62. The lowest BCUT2D eigenvalue weighted by atomic mass is 9.91. The van der Waals surface area contributed by atoms with Crippen molar-refractivity contribution < 1.29 is 9.90 Å². The summed E-state index contributed by atoms with van der Waals surface area (Å²) in [5.41, 5.74) is 0. The van der Waals surface area contributed by atoms with Crippen LogP contribution < -0.4 is 0 Å². The molecule has 0 spiro atoms. The van der Waals surface area contributed by atoms with Crippen LogP contribution in [-0.4, -0.2) is 10.9 Å². The molecule has 0 heterocycles. The van der Waals surface area contributed by atoms with E-state index in [0.717, 1.165) is 19.3 Å². The Hall–Kier alpha value is -1.05. The van der Waals surface area contributed by atoms with E-state index in [1.54, 1.807) is 6.08 Å². The summed E-state index contributed by atoms with van der Waals surface area (Å²) in [6.07, 6.45) is 10.9. The van der Waals surface area contributed by atoms with Gasteiger partial charge in [0.15, 0.2) is 5.78 Å². The predicted octanol–water partition coefficient (Wildman–Crippen LogP) is 2.96. The molecule has 0 aromatic carbocycles. The number of Topliss-reactive ketones (excluding diaryl/α,β-unsaturated/α-hetero) is 1. The Labute approximate surface area is 85.3 Å². The van der Waals surface area contributed by atoms with Gasteiger partial charge in [0.1, 0.15) is 5.76 Å². The molecule has 0 fully saturated rings. The molecule has 1 radical (unpaired) electrons. The van der Waals surface area contributed by atoms with Gasteiger partial charge in [-0.1, -0.05) is 32.6 Å². The van der Waals surface area contributed by atoms with E-state index in [4.69, 9.17) is 0 Å². The van der Waals surface area contributed by atoms with Gasteiger partial charge in [-0.25, -0.2) is 0 Å². The first-order valence-corrected chi connectivity index (χ1v) is 5.28. The van der Waals surface area contributed by atoms with Crippen molar-refractivity contribution in [1.29, 1.82) is 0 Å². The van der Waals surface area contributed by atoms with E-state index in [1.807, 2.05) is 0 Å². The zero-order valence-corrected chi connectivity index (χ0v) is 8.62. The minimum Gasteiger partial charge on any atom is -0.512 e. The van der Waals surface area contributed by atoms with Crippen molar-refractivity contribution >= 4 is 5.78 Å². The van der Waals surface area contributed by atoms with Crippen molar-refractivity contribution in [3.8, 4) is 0 Å². The number of hydrogen-bond donors (Lipinski definition) is 1. The standard InChI is InChI=1S/C12H17O2/c1-2-3-4-5-7-10-11(13)8-6-9-12(10)14/h6,8,10,13H,2-5,7H2,1H3. The molecule has 1 unspecified atom stereocenters. The minimum absolute atomic E-state index is 0.0819. The molecule has 1 rings (SSSR count). The monoisotopic (exact) mass is 193 g/mol. The van der Waals surface area contributed by atoms with E-state index in [0.29, 0.717) is 0 Å². The van der Waals surface area contributed by atoms with E-state index in [9.17, 15) is 9.90 Å². The SMILES string of the molecule is CCCCCCC1C(=O)[C]=CC=C1O. The highest BCUT2D eigenvalue weighted by atomic mass is 16.3. The highest BCUT2D eigenvalue weighted by molar-refractivity contribution is 5.91. The van der Waals surface area contributed by atoms with Crippen LogP contribution >= 0.6 is 0 Å². The number of allylic oxidation sites excluding steroid dienone is 4. The quantitative estimate of drug-likeness (QED) is 0.681. The van der Waals surface area contributed by atoms with Crippen molar-refractivity contribution in [3.63, 3.8) is 0 Å². The molecule has 2 heteroatoms. The summed E-state index contributed by atoms with van der Waals surface area (Å²) in [5, 5.41) is 9.46. The second kappa shape index (κ2) is 5.63. The second-order valence-electron chi connectivity index (χ2n) is 3.67. The number of unbranched alkanes of at least 4 members (excludes halogenated alkanes) is 3. The second-order valence-corrected chi connectivity index (χ2v) is 3.67. The summed E-state index contributed by atoms with van der Waals surface area (Å²) >= 11 is 0. The molecule has 0 amide bonds. The van der Waals surface area contributed by atoms with Crippen molar-refractivity contribution in [2.24, 2.45) is 5.92 Å². The first-order valence-electron chi connectivity index (χ1n) is 5.28. The molecule has 1 N–H and O–H groups in total. The van der Waals surface area contributed by atoms with Crippen LogP contribution in [0, 0.1) is 12.0 Å². The van der Waals surface area contributed by atoms with E-state index in [-0.39, 0.29) is 17.5 Å². The molecular weight excluding hydrogens is 176 g/mol. The van der Waals surface area contributed by atoms with Gasteiger partial charge in [-0.15, -0.1) is 0 Å². The van der Waals surface area contributed by atoms with E-state index >= 15 is 0 Å². The Kier molecular flexibility index (Phi) is 4.44. The number of aliphatic hydroxyl groups excluding tert-OH is 1. The average Bonchev–Trinajstić information content (AvgIpc) is 2.16. The molecule has 0 saturated carbocycles. The van der Waals surface area contributed by atoms with Crippen LogP contribution in [0.15, 0.2) is 17.9 Å². The lowest BCUT2D eigenvalue weighted by Crippen LogP contribution is -2.17. The van der Waals surface area contributed by atoms with E-state index in [1.165, 1.54) is 18.9 Å². The van der Waals surface area contributed by atoms with E-state index < -0.39 is 0 Å². The number of rotatable bonds is 5. The summed E-state index contributed by atoms with van der Waals surface area (Å²) in [5.74, 6) is -0.205. The first-order chi connectivity index (χ1) is 6.75. The lowest BCUT2D eigenvalue weighted by Gasteiger charge is -2.14. The van der Waals surface area contributed by atoms with Crippen LogP contribution in [0.3, 0.4) is 0 Å². The third-order valence-corrected chi connectivity index (χ3v) is 2.50. The van der Waals surface area contributed by atoms with Gasteiger partial charge in [0.25, 0.3) is 0 Å². The summed E-state index contributed by atoms with van der Waals surface area (Å²) < 4.78 is 0. The van der Waals surface area contributed by atoms with Gasteiger partial charge >= 0.3 is 0 Å². The number of carbonyl (C=O) groups excluding carboxylic acids is 1. The molecule has 0 aromatic heterocycles. The summed E-state index contributed by atoms with van der Waals surface area (Å²) in [6.45, 7) is 2.15. The fourth-order valence-corrected chi connectivity index (χ4v) is 1.61. The summed E-state index contributed by atoms with van der Waals surface area (Å²) in [6, 6.07) is 0. The molecule has 1 aliphatic carbocycles. The molecular formula is C12H17O2. The molecule has 2 nitrogen and oxygen atoms in total. The molecule has 1 aliphatic rings. The normalized spacial score (nSPS) is 21.1. The maximum atomic E-state index is 11.3. The van der Waals surface area contributed by atoms with Crippen LogP contribution in [0.2, 0.25) is 0 Å². The van der Waals surface area contributed by atoms with Gasteiger partial charge in [-0.3, -0.25) is 4.79 Å². The Bertz CT molecular complexity index is 251. The van der Waals surface area contributed by atoms with Gasteiger partial charge in [0.05, 0.1) is 5.92 Å². The highest BCUT2D eigenvalue weighted by Crippen LogP contribution is 2.21. The average molecular weight is 193 g/mol. The number of carbonyl (C=O) groups is 1.